The van der Waals surface area contributed by atoms with E-state index in [0.717, 1.165) is 12.2 Å². The zero-order valence-corrected chi connectivity index (χ0v) is 12.8. The van der Waals surface area contributed by atoms with Crippen molar-refractivity contribution in [1.29, 1.82) is 0 Å². The van der Waals surface area contributed by atoms with Gasteiger partial charge in [0.1, 0.15) is 12.4 Å². The van der Waals surface area contributed by atoms with Crippen LogP contribution in [0.2, 0.25) is 0 Å². The fourth-order valence-electron chi connectivity index (χ4n) is 1.26. The third kappa shape index (κ3) is 11.5. The summed E-state index contributed by atoms with van der Waals surface area (Å²) in [5.74, 6) is 0.927. The van der Waals surface area contributed by atoms with Gasteiger partial charge in [0.2, 0.25) is 0 Å². The van der Waals surface area contributed by atoms with E-state index in [1.54, 1.807) is 0 Å². The van der Waals surface area contributed by atoms with Crippen LogP contribution in [0.4, 0.5) is 0 Å². The Bertz CT molecular complexity index is 267. The highest BCUT2D eigenvalue weighted by molar-refractivity contribution is 5.28. The quantitative estimate of drug-likeness (QED) is 0.830. The van der Waals surface area contributed by atoms with E-state index in [2.05, 4.69) is 32.9 Å². The van der Waals surface area contributed by atoms with Crippen molar-refractivity contribution in [3.8, 4) is 5.75 Å². The first-order chi connectivity index (χ1) is 8.78. The monoisotopic (exact) mass is 255 g/mol. The summed E-state index contributed by atoms with van der Waals surface area (Å²) in [5, 5.41) is 0. The third-order valence-corrected chi connectivity index (χ3v) is 1.82. The smallest absolute Gasteiger partial charge is 0.119 e. The van der Waals surface area contributed by atoms with Gasteiger partial charge in [0.25, 0.3) is 0 Å². The Hall–Kier alpha value is -1.02. The van der Waals surface area contributed by atoms with Gasteiger partial charge in [-0.15, -0.1) is 0 Å². The molecule has 108 valence electrons. The normalized spacial score (nSPS) is 8.56. The first kappa shape index (κ1) is 19.3. The van der Waals surface area contributed by atoms with Gasteiger partial charge in [-0.3, -0.25) is 0 Å². The lowest BCUT2D eigenvalue weighted by Gasteiger charge is -2.05. The molecule has 1 aromatic carbocycles. The van der Waals surface area contributed by atoms with Gasteiger partial charge >= 0.3 is 0 Å². The number of hydrogen-bond acceptors (Lipinski definition) is 2. The number of hydrogen-bond donors (Lipinski definition) is 1. The van der Waals surface area contributed by atoms with Crippen molar-refractivity contribution in [1.82, 2.24) is 0 Å². The van der Waals surface area contributed by atoms with Crippen LogP contribution in [-0.2, 0) is 6.42 Å². The van der Waals surface area contributed by atoms with Crippen LogP contribution in [0.15, 0.2) is 24.3 Å². The van der Waals surface area contributed by atoms with Gasteiger partial charge in [0.05, 0.1) is 0 Å². The van der Waals surface area contributed by atoms with E-state index in [1.165, 1.54) is 18.4 Å². The van der Waals surface area contributed by atoms with Crippen molar-refractivity contribution in [2.75, 3.05) is 13.2 Å². The molecule has 0 aliphatic heterocycles. The lowest BCUT2D eigenvalue weighted by atomic mass is 10.1. The Morgan fingerprint density at radius 2 is 1.78 bits per heavy atom. The van der Waals surface area contributed by atoms with Crippen LogP contribution in [0.1, 0.15) is 54.5 Å². The maximum atomic E-state index is 5.42. The second kappa shape index (κ2) is 16.0. The lowest BCUT2D eigenvalue weighted by Crippen LogP contribution is -2.10. The summed E-state index contributed by atoms with van der Waals surface area (Å²) in [4.78, 5) is 0. The highest BCUT2D eigenvalue weighted by Crippen LogP contribution is 2.14. The number of rotatable bonds is 5. The van der Waals surface area contributed by atoms with Crippen LogP contribution < -0.4 is 10.5 Å². The molecule has 0 bridgehead atoms. The summed E-state index contributed by atoms with van der Waals surface area (Å²) < 4.78 is 5.42. The standard InChI is InChI=1S/C11H17NO.C3H8.C2H6.H2/c1-2-4-10-5-3-6-11(9-10)13-8-7-12;1-3-2;1-2;/h3,5-6,9H,2,4,7-8,12H2,1H3;3H2,1-2H3;1-2H3;1H. The largest absolute Gasteiger partial charge is 0.492 e. The van der Waals surface area contributed by atoms with E-state index in [4.69, 9.17) is 10.5 Å². The highest BCUT2D eigenvalue weighted by atomic mass is 16.5. The van der Waals surface area contributed by atoms with Gasteiger partial charge < -0.3 is 10.5 Å². The molecule has 0 spiro atoms. The first-order valence-corrected chi connectivity index (χ1v) is 7.20. The predicted octanol–water partition coefficient (Wildman–Crippen LogP) is 4.67. The summed E-state index contributed by atoms with van der Waals surface area (Å²) >= 11 is 0. The van der Waals surface area contributed by atoms with E-state index in [-0.39, 0.29) is 1.43 Å². The first-order valence-electron chi connectivity index (χ1n) is 7.20. The molecule has 2 N–H and O–H groups in total. The average molecular weight is 255 g/mol. The molecule has 0 saturated carbocycles. The predicted molar refractivity (Wildman–Crippen MR) is 84.4 cm³/mol. The second-order valence-corrected chi connectivity index (χ2v) is 3.74. The van der Waals surface area contributed by atoms with Crippen LogP contribution in [0.5, 0.6) is 5.75 Å². The third-order valence-electron chi connectivity index (χ3n) is 1.82. The van der Waals surface area contributed by atoms with Crippen LogP contribution in [-0.4, -0.2) is 13.2 Å². The van der Waals surface area contributed by atoms with Crippen molar-refractivity contribution in [2.24, 2.45) is 5.73 Å². The van der Waals surface area contributed by atoms with E-state index < -0.39 is 0 Å². The van der Waals surface area contributed by atoms with E-state index >= 15 is 0 Å². The molecule has 0 radical (unpaired) electrons. The Labute approximate surface area is 115 Å². The summed E-state index contributed by atoms with van der Waals surface area (Å²) in [7, 11) is 0. The number of nitrogens with two attached hydrogens (primary N) is 1. The van der Waals surface area contributed by atoms with Crippen molar-refractivity contribution >= 4 is 0 Å². The molecular formula is C16H33NO. The molecule has 2 heteroatoms. The van der Waals surface area contributed by atoms with E-state index in [1.807, 2.05) is 26.0 Å². The summed E-state index contributed by atoms with van der Waals surface area (Å²) in [6.07, 6.45) is 3.53. The summed E-state index contributed by atoms with van der Waals surface area (Å²) in [6.45, 7) is 11.6. The van der Waals surface area contributed by atoms with Crippen LogP contribution >= 0.6 is 0 Å². The molecule has 0 fully saturated rings. The van der Waals surface area contributed by atoms with Gasteiger partial charge in [-0.2, -0.15) is 0 Å². The minimum Gasteiger partial charge on any atom is -0.492 e. The zero-order valence-electron chi connectivity index (χ0n) is 12.8. The van der Waals surface area contributed by atoms with Crippen LogP contribution in [0.3, 0.4) is 0 Å². The van der Waals surface area contributed by atoms with Gasteiger partial charge in [-0.1, -0.05) is 59.6 Å². The molecule has 1 rings (SSSR count). The molecule has 2 nitrogen and oxygen atoms in total. The maximum Gasteiger partial charge on any atom is 0.119 e. The van der Waals surface area contributed by atoms with Crippen molar-refractivity contribution in [2.45, 2.75) is 53.9 Å². The lowest BCUT2D eigenvalue weighted by molar-refractivity contribution is 0.328. The molecule has 0 amide bonds. The zero-order chi connectivity index (χ0) is 14.2. The van der Waals surface area contributed by atoms with Crippen LogP contribution in [0.25, 0.3) is 0 Å². The molecule has 0 atom stereocenters. The van der Waals surface area contributed by atoms with Gasteiger partial charge in [0.15, 0.2) is 0 Å². The molecule has 0 heterocycles. The molecule has 0 aliphatic rings. The fraction of sp³-hybridized carbons (Fsp3) is 0.625. The number of aryl methyl sites for hydroxylation is 1. The Kier molecular flexibility index (Phi) is 17.2. The average Bonchev–Trinajstić information content (AvgIpc) is 2.40. The van der Waals surface area contributed by atoms with Crippen LogP contribution in [0, 0.1) is 0 Å². The minimum atomic E-state index is 0. The van der Waals surface area contributed by atoms with Gasteiger partial charge in [0, 0.05) is 7.97 Å². The topological polar surface area (TPSA) is 35.2 Å². The molecule has 0 unspecified atom stereocenters. The van der Waals surface area contributed by atoms with Crippen molar-refractivity contribution < 1.29 is 6.16 Å². The minimum absolute atomic E-state index is 0. The Balaban J connectivity index is -0.000000376. The SMILES string of the molecule is CC.CCC.CCCc1cccc(OCCN)c1.[HH]. The molecular weight excluding hydrogens is 222 g/mol. The molecule has 0 aliphatic carbocycles. The second-order valence-electron chi connectivity index (χ2n) is 3.74. The summed E-state index contributed by atoms with van der Waals surface area (Å²) in [6, 6.07) is 8.20. The maximum absolute atomic E-state index is 5.42. The van der Waals surface area contributed by atoms with E-state index in [0.29, 0.717) is 13.2 Å². The molecule has 18 heavy (non-hydrogen) atoms. The summed E-state index contributed by atoms with van der Waals surface area (Å²) in [5.41, 5.74) is 6.68. The highest BCUT2D eigenvalue weighted by Gasteiger charge is 1.94. The van der Waals surface area contributed by atoms with Gasteiger partial charge in [-0.05, 0) is 24.1 Å². The Morgan fingerprint density at radius 1 is 1.17 bits per heavy atom. The van der Waals surface area contributed by atoms with Crippen molar-refractivity contribution in [3.63, 3.8) is 0 Å². The molecule has 0 aromatic heterocycles. The molecule has 1 aromatic rings. The van der Waals surface area contributed by atoms with E-state index in [9.17, 15) is 0 Å². The van der Waals surface area contributed by atoms with Gasteiger partial charge in [-0.25, -0.2) is 0 Å². The van der Waals surface area contributed by atoms with Crippen molar-refractivity contribution in [3.05, 3.63) is 29.8 Å². The fourth-order valence-corrected chi connectivity index (χ4v) is 1.26. The Morgan fingerprint density at radius 3 is 2.28 bits per heavy atom. The number of ether oxygens (including phenoxy) is 1. The number of benzene rings is 1. The molecule has 0 saturated heterocycles.